The molecule has 0 aliphatic heterocycles. The number of hydrogen-bond acceptors (Lipinski definition) is 0. The second-order valence-corrected chi connectivity index (χ2v) is 3.15. The molecule has 0 aromatic carbocycles. The molecule has 0 aromatic rings. The first-order valence-corrected chi connectivity index (χ1v) is 4.24. The first kappa shape index (κ1) is 12.6. The average Bonchev–Trinajstić information content (AvgIpc) is 1.66. The van der Waals surface area contributed by atoms with E-state index in [9.17, 15) is 0 Å². The van der Waals surface area contributed by atoms with E-state index in [2.05, 4.69) is 38.5 Å². The zero-order valence-electron chi connectivity index (χ0n) is 7.08. The minimum atomic E-state index is 0.816. The van der Waals surface area contributed by atoms with Gasteiger partial charge in [0.25, 0.3) is 0 Å². The second-order valence-electron chi connectivity index (χ2n) is 2.77. The molecule has 0 aromatic heterocycles. The van der Waals surface area contributed by atoms with Crippen molar-refractivity contribution >= 4 is 29.3 Å². The van der Waals surface area contributed by atoms with Crippen molar-refractivity contribution in [3.05, 3.63) is 0 Å². The van der Waals surface area contributed by atoms with Crippen LogP contribution in [-0.2, 0) is 0 Å². The topological polar surface area (TPSA) is 0 Å². The first-order chi connectivity index (χ1) is 4.15. The van der Waals surface area contributed by atoms with Crippen molar-refractivity contribution in [1.29, 1.82) is 0 Å². The monoisotopic (exact) mass is 142 g/mol. The molecule has 0 fully saturated rings. The molecule has 0 atom stereocenters. The summed E-state index contributed by atoms with van der Waals surface area (Å²) in [5.74, 6) is 0.816. The maximum absolute atomic E-state index is 5.30. The van der Waals surface area contributed by atoms with E-state index in [0.29, 0.717) is 0 Å². The molecule has 0 aliphatic rings. The van der Waals surface area contributed by atoms with Crippen molar-refractivity contribution in [1.82, 2.24) is 0 Å². The van der Waals surface area contributed by atoms with Crippen LogP contribution in [0, 0.1) is 0 Å². The van der Waals surface area contributed by atoms with Crippen molar-refractivity contribution in [3.8, 4) is 0 Å². The number of hydrogen-bond donors (Lipinski definition) is 0. The molecule has 0 saturated heterocycles. The SMILES string of the molecule is CCCCCl.[Li][CH](C)C. The Balaban J connectivity index is 0. The summed E-state index contributed by atoms with van der Waals surface area (Å²) in [5.41, 5.74) is 0. The summed E-state index contributed by atoms with van der Waals surface area (Å²) in [7, 11) is 0. The van der Waals surface area contributed by atoms with Gasteiger partial charge in [0.1, 0.15) is 0 Å². The van der Waals surface area contributed by atoms with Crippen LogP contribution in [0.2, 0.25) is 4.59 Å². The van der Waals surface area contributed by atoms with E-state index >= 15 is 0 Å². The summed E-state index contributed by atoms with van der Waals surface area (Å²) in [6.07, 6.45) is 2.37. The van der Waals surface area contributed by atoms with Gasteiger partial charge in [-0.3, -0.25) is 0 Å². The van der Waals surface area contributed by atoms with Gasteiger partial charge in [-0.25, -0.2) is 0 Å². The molecule has 52 valence electrons. The summed E-state index contributed by atoms with van der Waals surface area (Å²) < 4.78 is 0.833. The Hall–Kier alpha value is 0.887. The molecule has 0 rings (SSSR count). The minimum absolute atomic E-state index is 0.816. The normalized spacial score (nSPS) is 8.78. The van der Waals surface area contributed by atoms with Gasteiger partial charge in [0.2, 0.25) is 0 Å². The molecular weight excluding hydrogens is 126 g/mol. The third-order valence-corrected chi connectivity index (χ3v) is 0.754. The molecular formula is C7H16ClLi. The van der Waals surface area contributed by atoms with Gasteiger partial charge in [0.15, 0.2) is 0 Å². The van der Waals surface area contributed by atoms with E-state index in [1.54, 1.807) is 0 Å². The Labute approximate surface area is 73.6 Å². The zero-order chi connectivity index (χ0) is 7.70. The zero-order valence-corrected chi connectivity index (χ0v) is 7.83. The van der Waals surface area contributed by atoms with Gasteiger partial charge in [-0.05, 0) is 6.42 Å². The van der Waals surface area contributed by atoms with Gasteiger partial charge in [0, 0.05) is 5.88 Å². The van der Waals surface area contributed by atoms with Gasteiger partial charge in [0.05, 0.1) is 0 Å². The van der Waals surface area contributed by atoms with Crippen LogP contribution in [0.5, 0.6) is 0 Å². The standard InChI is InChI=1S/C4H9Cl.C3H7.Li/c1-2-3-4-5;1-3-2;/h2-4H2,1H3;3H,1-2H3;. The van der Waals surface area contributed by atoms with Crippen molar-refractivity contribution in [3.63, 3.8) is 0 Å². The Morgan fingerprint density at radius 1 is 1.44 bits per heavy atom. The van der Waals surface area contributed by atoms with Crippen molar-refractivity contribution < 1.29 is 0 Å². The van der Waals surface area contributed by atoms with Crippen LogP contribution in [0.15, 0.2) is 0 Å². The third kappa shape index (κ3) is 50.6. The molecule has 0 nitrogen and oxygen atoms in total. The van der Waals surface area contributed by atoms with Gasteiger partial charge in [-0.1, -0.05) is 13.3 Å². The average molecular weight is 143 g/mol. The van der Waals surface area contributed by atoms with E-state index < -0.39 is 0 Å². The summed E-state index contributed by atoms with van der Waals surface area (Å²) in [5, 5.41) is 0. The van der Waals surface area contributed by atoms with Gasteiger partial charge >= 0.3 is 36.2 Å². The molecule has 0 radical (unpaired) electrons. The molecule has 0 spiro atoms. The molecule has 0 saturated carbocycles. The predicted octanol–water partition coefficient (Wildman–Crippen LogP) is 3.01. The molecule has 0 N–H and O–H groups in total. The molecule has 9 heavy (non-hydrogen) atoms. The number of unbranched alkanes of at least 4 members (excludes halogenated alkanes) is 1. The fraction of sp³-hybridized carbons (Fsp3) is 1.00. The van der Waals surface area contributed by atoms with Crippen molar-refractivity contribution in [2.75, 3.05) is 5.88 Å². The molecule has 0 unspecified atom stereocenters. The molecule has 2 heteroatoms. The van der Waals surface area contributed by atoms with Crippen LogP contribution in [0.1, 0.15) is 33.6 Å². The Kier molecular flexibility index (Phi) is 16.3. The second kappa shape index (κ2) is 11.7. The van der Waals surface area contributed by atoms with Crippen LogP contribution in [-0.4, -0.2) is 23.6 Å². The van der Waals surface area contributed by atoms with Gasteiger partial charge < -0.3 is 0 Å². The first-order valence-electron chi connectivity index (χ1n) is 3.71. The van der Waals surface area contributed by atoms with Gasteiger partial charge in [-0.15, -0.1) is 11.6 Å². The molecule has 0 aliphatic carbocycles. The molecule has 0 heterocycles. The van der Waals surface area contributed by atoms with E-state index in [1.165, 1.54) is 6.42 Å². The quantitative estimate of drug-likeness (QED) is 0.411. The Morgan fingerprint density at radius 3 is 1.78 bits per heavy atom. The third-order valence-electron chi connectivity index (χ3n) is 0.487. The summed E-state index contributed by atoms with van der Waals surface area (Å²) in [6, 6.07) is 0. The fourth-order valence-corrected chi connectivity index (χ4v) is 0.401. The Bertz CT molecular complexity index is 33.1. The van der Waals surface area contributed by atoms with Gasteiger partial charge in [-0.2, -0.15) is 0 Å². The predicted molar refractivity (Wildman–Crippen MR) is 46.5 cm³/mol. The Morgan fingerprint density at radius 2 is 1.78 bits per heavy atom. The van der Waals surface area contributed by atoms with Crippen LogP contribution < -0.4 is 0 Å². The van der Waals surface area contributed by atoms with Crippen LogP contribution >= 0.6 is 11.6 Å². The summed E-state index contributed by atoms with van der Waals surface area (Å²) >= 11 is 7.47. The van der Waals surface area contributed by atoms with E-state index in [1.807, 2.05) is 0 Å². The van der Waals surface area contributed by atoms with E-state index in [0.717, 1.165) is 16.9 Å². The summed E-state index contributed by atoms with van der Waals surface area (Å²) in [6.45, 7) is 6.46. The van der Waals surface area contributed by atoms with Crippen LogP contribution in [0.4, 0.5) is 0 Å². The van der Waals surface area contributed by atoms with Crippen LogP contribution in [0.25, 0.3) is 0 Å². The van der Waals surface area contributed by atoms with E-state index in [-0.39, 0.29) is 0 Å². The fourth-order valence-electron chi connectivity index (χ4n) is 0.134. The maximum atomic E-state index is 5.30. The summed E-state index contributed by atoms with van der Waals surface area (Å²) in [4.78, 5) is 0. The number of rotatable bonds is 2. The number of halogens is 1. The number of alkyl halides is 1. The van der Waals surface area contributed by atoms with E-state index in [4.69, 9.17) is 11.6 Å². The van der Waals surface area contributed by atoms with Crippen molar-refractivity contribution in [2.24, 2.45) is 0 Å². The molecule has 0 bridgehead atoms. The molecule has 0 amide bonds. The van der Waals surface area contributed by atoms with Crippen LogP contribution in [0.3, 0.4) is 0 Å². The van der Waals surface area contributed by atoms with Crippen molar-refractivity contribution in [2.45, 2.75) is 38.2 Å².